The molecule has 0 aliphatic carbocycles. The van der Waals surface area contributed by atoms with Crippen molar-refractivity contribution in [3.05, 3.63) is 24.3 Å². The van der Waals surface area contributed by atoms with Crippen LogP contribution in [0.5, 0.6) is 0 Å². The van der Waals surface area contributed by atoms with Gasteiger partial charge in [0.1, 0.15) is 6.04 Å². The number of halogens is 8. The minimum atomic E-state index is -6.05. The van der Waals surface area contributed by atoms with E-state index in [9.17, 15) is 59.4 Å². The lowest BCUT2D eigenvalue weighted by atomic mass is 10.0. The first kappa shape index (κ1) is 29.5. The molecule has 2 rings (SSSR count). The van der Waals surface area contributed by atoms with E-state index in [0.717, 1.165) is 5.32 Å². The van der Waals surface area contributed by atoms with Crippen LogP contribution in [-0.2, 0) is 19.1 Å². The second-order valence-corrected chi connectivity index (χ2v) is 7.77. The van der Waals surface area contributed by atoms with E-state index in [4.69, 9.17) is 0 Å². The number of carbonyl (C=O) groups is 4. The highest BCUT2D eigenvalue weighted by Crippen LogP contribution is 2.35. The molecule has 1 aliphatic rings. The molecule has 10 nitrogen and oxygen atoms in total. The Morgan fingerprint density at radius 3 is 2.24 bits per heavy atom. The summed E-state index contributed by atoms with van der Waals surface area (Å²) in [6.45, 7) is -4.80. The molecule has 0 aromatic heterocycles. The predicted octanol–water partition coefficient (Wildman–Crippen LogP) is 1.69. The van der Waals surface area contributed by atoms with E-state index in [0.29, 0.717) is 11.8 Å². The quantitative estimate of drug-likeness (QED) is 0.315. The number of ether oxygens (including phenoxy) is 1. The number of fused-ring (bicyclic) bond motifs is 1. The highest BCUT2D eigenvalue weighted by molar-refractivity contribution is 6.10. The summed E-state index contributed by atoms with van der Waals surface area (Å²) >= 11 is 0. The van der Waals surface area contributed by atoms with Crippen LogP contribution in [-0.4, -0.2) is 78.5 Å². The summed E-state index contributed by atoms with van der Waals surface area (Å²) < 4.78 is 105. The molecule has 2 unspecified atom stereocenters. The van der Waals surface area contributed by atoms with Crippen molar-refractivity contribution in [3.8, 4) is 0 Å². The minimum Gasteiger partial charge on any atom is -0.439 e. The number of para-hydroxylation sites is 2. The fraction of sp³-hybridized carbons (Fsp3) is 0.474. The van der Waals surface area contributed by atoms with Gasteiger partial charge in [-0.1, -0.05) is 12.1 Å². The minimum absolute atomic E-state index is 0.105. The summed E-state index contributed by atoms with van der Waals surface area (Å²) in [6, 6.07) is 3.31. The number of amides is 4. The lowest BCUT2D eigenvalue weighted by molar-refractivity contribution is -0.278. The molecule has 0 saturated carbocycles. The first-order chi connectivity index (χ1) is 16.8. The maximum Gasteiger partial charge on any atom is 0.455 e. The van der Waals surface area contributed by atoms with Gasteiger partial charge in [0.05, 0.1) is 24.5 Å². The number of rotatable bonds is 6. The van der Waals surface area contributed by atoms with Gasteiger partial charge in [-0.3, -0.25) is 19.3 Å². The van der Waals surface area contributed by atoms with Crippen molar-refractivity contribution in [2.75, 3.05) is 29.9 Å². The molecule has 4 amide bonds. The number of anilines is 2. The molecule has 0 bridgehead atoms. The molecule has 0 radical (unpaired) electrons. The van der Waals surface area contributed by atoms with Gasteiger partial charge in [-0.25, -0.2) is 4.79 Å². The average Bonchev–Trinajstić information content (AvgIpc) is 2.90. The fourth-order valence-electron chi connectivity index (χ4n) is 2.77. The van der Waals surface area contributed by atoms with Crippen LogP contribution in [0.1, 0.15) is 6.92 Å². The van der Waals surface area contributed by atoms with Crippen molar-refractivity contribution in [1.29, 1.82) is 0 Å². The number of benzene rings is 1. The van der Waals surface area contributed by atoms with Gasteiger partial charge in [-0.15, -0.1) is 0 Å². The molecule has 206 valence electrons. The first-order valence-electron chi connectivity index (χ1n) is 9.93. The highest BCUT2D eigenvalue weighted by Gasteiger charge is 2.58. The van der Waals surface area contributed by atoms with Gasteiger partial charge >= 0.3 is 24.4 Å². The lowest BCUT2D eigenvalue weighted by Gasteiger charge is -2.28. The van der Waals surface area contributed by atoms with Crippen molar-refractivity contribution >= 4 is 35.2 Å². The maximum atomic E-state index is 13.0. The number of nitrogens with zero attached hydrogens (tertiary/aromatic N) is 1. The Morgan fingerprint density at radius 2 is 1.68 bits per heavy atom. The molecule has 37 heavy (non-hydrogen) atoms. The molecule has 1 heterocycles. The summed E-state index contributed by atoms with van der Waals surface area (Å²) in [5.41, 5.74) is -3.56. The summed E-state index contributed by atoms with van der Waals surface area (Å²) in [5, 5.41) is 15.3. The van der Waals surface area contributed by atoms with E-state index in [1.165, 1.54) is 24.3 Å². The standard InChI is InChI=1S/C19H18F8N4O6/c1-16(36,13(33)28-7-17(20,21)19(25,26)27)14(34)30-10-6-31(15(35)37-8-18(22,23)24)11-5-3-2-4-9(11)29-12(10)32/h2-5,10,36H,6-8H2,1H3,(H,28,33)(H,29,32)(H,30,34). The number of hydrogen-bond donors (Lipinski definition) is 4. The number of aliphatic hydroxyl groups is 1. The number of nitrogens with one attached hydrogen (secondary N) is 3. The largest absolute Gasteiger partial charge is 0.455 e. The van der Waals surface area contributed by atoms with E-state index >= 15 is 0 Å². The van der Waals surface area contributed by atoms with Crippen molar-refractivity contribution in [2.24, 2.45) is 0 Å². The Kier molecular flexibility index (Phi) is 8.26. The smallest absolute Gasteiger partial charge is 0.439 e. The van der Waals surface area contributed by atoms with Crippen molar-refractivity contribution < 1.29 is 64.1 Å². The third-order valence-electron chi connectivity index (χ3n) is 4.79. The Morgan fingerprint density at radius 1 is 1.08 bits per heavy atom. The van der Waals surface area contributed by atoms with E-state index in [-0.39, 0.29) is 11.4 Å². The van der Waals surface area contributed by atoms with Crippen LogP contribution in [0.2, 0.25) is 0 Å². The monoisotopic (exact) mass is 550 g/mol. The zero-order valence-electron chi connectivity index (χ0n) is 18.5. The molecule has 1 aliphatic heterocycles. The topological polar surface area (TPSA) is 137 Å². The Bertz CT molecular complexity index is 1060. The number of hydrogen-bond acceptors (Lipinski definition) is 6. The van der Waals surface area contributed by atoms with Gasteiger partial charge in [0.2, 0.25) is 11.5 Å². The second-order valence-electron chi connectivity index (χ2n) is 7.77. The van der Waals surface area contributed by atoms with Crippen LogP contribution in [0.4, 0.5) is 51.3 Å². The number of alkyl halides is 8. The summed E-state index contributed by atoms with van der Waals surface area (Å²) in [5.74, 6) is -10.3. The predicted molar refractivity (Wildman–Crippen MR) is 106 cm³/mol. The maximum absolute atomic E-state index is 13.0. The number of carbonyl (C=O) groups excluding carboxylic acids is 4. The second kappa shape index (κ2) is 10.3. The molecule has 0 spiro atoms. The third-order valence-corrected chi connectivity index (χ3v) is 4.79. The van der Waals surface area contributed by atoms with E-state index < -0.39 is 73.4 Å². The van der Waals surface area contributed by atoms with Crippen molar-refractivity contribution in [2.45, 2.75) is 36.8 Å². The first-order valence-corrected chi connectivity index (χ1v) is 9.93. The van der Waals surface area contributed by atoms with Gasteiger partial charge < -0.3 is 25.8 Å². The molecular weight excluding hydrogens is 532 g/mol. The van der Waals surface area contributed by atoms with Gasteiger partial charge in [-0.05, 0) is 19.1 Å². The van der Waals surface area contributed by atoms with Gasteiger partial charge in [0.15, 0.2) is 6.61 Å². The van der Waals surface area contributed by atoms with Crippen LogP contribution < -0.4 is 20.9 Å². The SMILES string of the molecule is CC(O)(C(=O)NCC(F)(F)C(F)(F)F)C(=O)NC1CN(C(=O)OCC(F)(F)F)c2ccccc2NC1=O. The Hall–Kier alpha value is -3.70. The molecule has 2 atom stereocenters. The molecule has 1 aromatic carbocycles. The van der Waals surface area contributed by atoms with Gasteiger partial charge in [0, 0.05) is 0 Å². The van der Waals surface area contributed by atoms with Crippen molar-refractivity contribution in [3.63, 3.8) is 0 Å². The molecular formula is C19H18F8N4O6. The van der Waals surface area contributed by atoms with Crippen LogP contribution in [0.15, 0.2) is 24.3 Å². The molecule has 4 N–H and O–H groups in total. The van der Waals surface area contributed by atoms with Crippen LogP contribution in [0, 0.1) is 0 Å². The highest BCUT2D eigenvalue weighted by atomic mass is 19.4. The average molecular weight is 550 g/mol. The molecule has 18 heteroatoms. The molecule has 0 saturated heterocycles. The Labute approximate surface area is 201 Å². The van der Waals surface area contributed by atoms with Crippen LogP contribution in [0.3, 0.4) is 0 Å². The fourth-order valence-corrected chi connectivity index (χ4v) is 2.77. The lowest BCUT2D eigenvalue weighted by Crippen LogP contribution is -2.61. The summed E-state index contributed by atoms with van der Waals surface area (Å²) in [7, 11) is 0. The zero-order chi connectivity index (χ0) is 28.4. The van der Waals surface area contributed by atoms with E-state index in [1.54, 1.807) is 5.32 Å². The van der Waals surface area contributed by atoms with E-state index in [2.05, 4.69) is 10.1 Å². The third kappa shape index (κ3) is 7.17. The Balaban J connectivity index is 2.21. The van der Waals surface area contributed by atoms with Crippen LogP contribution in [0.25, 0.3) is 0 Å². The normalized spacial score (nSPS) is 18.1. The summed E-state index contributed by atoms with van der Waals surface area (Å²) in [6.07, 6.45) is -12.6. The van der Waals surface area contributed by atoms with Crippen LogP contribution >= 0.6 is 0 Å². The van der Waals surface area contributed by atoms with Crippen molar-refractivity contribution in [1.82, 2.24) is 10.6 Å². The van der Waals surface area contributed by atoms with Gasteiger partial charge in [-0.2, -0.15) is 35.1 Å². The van der Waals surface area contributed by atoms with E-state index in [1.807, 2.05) is 0 Å². The zero-order valence-corrected chi connectivity index (χ0v) is 18.5. The summed E-state index contributed by atoms with van der Waals surface area (Å²) in [4.78, 5) is 49.9. The molecule has 0 fully saturated rings. The molecule has 1 aromatic rings. The van der Waals surface area contributed by atoms with Gasteiger partial charge in [0.25, 0.3) is 11.8 Å².